The van der Waals surface area contributed by atoms with Gasteiger partial charge in [-0.05, 0) is 44.4 Å². The fraction of sp³-hybridized carbons (Fsp3) is 0.529. The van der Waals surface area contributed by atoms with Crippen LogP contribution in [0.2, 0.25) is 0 Å². The van der Waals surface area contributed by atoms with E-state index in [0.29, 0.717) is 12.8 Å². The van der Waals surface area contributed by atoms with Crippen molar-refractivity contribution in [3.63, 3.8) is 0 Å². The van der Waals surface area contributed by atoms with Crippen LogP contribution in [0.25, 0.3) is 0 Å². The standard InChI is InChI=1S/C17H24FNO5/c1-4-24-16(21)17(2,22)11-19-15(20)7-5-6-12-8-9-14(23-3)13(18)10-12/h8-10,22H,4-7,11H2,1-3H3,(H,19,20). The minimum absolute atomic E-state index is 0.154. The molecule has 1 aromatic carbocycles. The average Bonchev–Trinajstić information content (AvgIpc) is 2.53. The number of nitrogens with one attached hydrogen (secondary N) is 1. The van der Waals surface area contributed by atoms with Gasteiger partial charge in [-0.3, -0.25) is 4.79 Å². The first-order chi connectivity index (χ1) is 11.3. The van der Waals surface area contributed by atoms with Gasteiger partial charge in [-0.2, -0.15) is 0 Å². The van der Waals surface area contributed by atoms with E-state index in [1.54, 1.807) is 19.1 Å². The summed E-state index contributed by atoms with van der Waals surface area (Å²) in [6.45, 7) is 2.85. The van der Waals surface area contributed by atoms with Crippen LogP contribution in [0.5, 0.6) is 5.75 Å². The van der Waals surface area contributed by atoms with Crippen molar-refractivity contribution in [3.05, 3.63) is 29.6 Å². The first kappa shape index (κ1) is 19.9. The number of halogens is 1. The number of aliphatic hydroxyl groups is 1. The van der Waals surface area contributed by atoms with E-state index in [2.05, 4.69) is 5.32 Å². The largest absolute Gasteiger partial charge is 0.494 e. The Morgan fingerprint density at radius 1 is 1.38 bits per heavy atom. The van der Waals surface area contributed by atoms with Gasteiger partial charge in [-0.25, -0.2) is 9.18 Å². The molecule has 0 bridgehead atoms. The molecule has 2 N–H and O–H groups in total. The highest BCUT2D eigenvalue weighted by atomic mass is 19.1. The van der Waals surface area contributed by atoms with Crippen LogP contribution in [-0.4, -0.2) is 42.8 Å². The number of aryl methyl sites for hydroxylation is 1. The number of esters is 1. The number of hydrogen-bond acceptors (Lipinski definition) is 5. The van der Waals surface area contributed by atoms with E-state index >= 15 is 0 Å². The van der Waals surface area contributed by atoms with Gasteiger partial charge in [0, 0.05) is 6.42 Å². The molecule has 24 heavy (non-hydrogen) atoms. The van der Waals surface area contributed by atoms with Gasteiger partial charge in [0.15, 0.2) is 17.2 Å². The fourth-order valence-corrected chi connectivity index (χ4v) is 2.04. The molecule has 0 fully saturated rings. The Hall–Kier alpha value is -2.15. The maximum Gasteiger partial charge on any atom is 0.339 e. The summed E-state index contributed by atoms with van der Waals surface area (Å²) < 4.78 is 23.1. The molecule has 0 radical (unpaired) electrons. The molecular formula is C17H24FNO5. The van der Waals surface area contributed by atoms with Crippen LogP contribution in [0, 0.1) is 5.82 Å². The van der Waals surface area contributed by atoms with Crippen molar-refractivity contribution in [1.29, 1.82) is 0 Å². The third kappa shape index (κ3) is 6.16. The van der Waals surface area contributed by atoms with Crippen molar-refractivity contribution in [2.24, 2.45) is 0 Å². The van der Waals surface area contributed by atoms with Gasteiger partial charge >= 0.3 is 5.97 Å². The monoisotopic (exact) mass is 341 g/mol. The average molecular weight is 341 g/mol. The Kier molecular flexibility index (Phi) is 7.64. The van der Waals surface area contributed by atoms with Crippen LogP contribution in [0.15, 0.2) is 18.2 Å². The molecule has 1 rings (SSSR count). The fourth-order valence-electron chi connectivity index (χ4n) is 2.04. The second-order valence-electron chi connectivity index (χ2n) is 5.59. The van der Waals surface area contributed by atoms with Crippen molar-refractivity contribution < 1.29 is 28.6 Å². The molecular weight excluding hydrogens is 317 g/mol. The molecule has 0 saturated heterocycles. The molecule has 0 aliphatic rings. The summed E-state index contributed by atoms with van der Waals surface area (Å²) in [5.41, 5.74) is -0.996. The van der Waals surface area contributed by atoms with Gasteiger partial charge in [0.2, 0.25) is 5.91 Å². The zero-order chi connectivity index (χ0) is 18.2. The summed E-state index contributed by atoms with van der Waals surface area (Å²) in [6, 6.07) is 4.66. The lowest BCUT2D eigenvalue weighted by atomic mass is 10.1. The maximum atomic E-state index is 13.6. The topological polar surface area (TPSA) is 84.9 Å². The van der Waals surface area contributed by atoms with Gasteiger partial charge in [0.25, 0.3) is 0 Å². The minimum Gasteiger partial charge on any atom is -0.494 e. The van der Waals surface area contributed by atoms with Crippen molar-refractivity contribution >= 4 is 11.9 Å². The second-order valence-corrected chi connectivity index (χ2v) is 5.59. The number of amides is 1. The van der Waals surface area contributed by atoms with E-state index in [0.717, 1.165) is 5.56 Å². The smallest absolute Gasteiger partial charge is 0.339 e. The zero-order valence-electron chi connectivity index (χ0n) is 14.2. The summed E-state index contributed by atoms with van der Waals surface area (Å²) >= 11 is 0. The Balaban J connectivity index is 2.36. The van der Waals surface area contributed by atoms with Crippen LogP contribution in [0.1, 0.15) is 32.3 Å². The van der Waals surface area contributed by atoms with Gasteiger partial charge in [0.05, 0.1) is 20.3 Å². The molecule has 1 aromatic rings. The molecule has 7 heteroatoms. The number of carbonyl (C=O) groups excluding carboxylic acids is 2. The number of methoxy groups -OCH3 is 1. The molecule has 0 aliphatic carbocycles. The van der Waals surface area contributed by atoms with Crippen LogP contribution in [-0.2, 0) is 20.7 Å². The first-order valence-corrected chi connectivity index (χ1v) is 7.79. The predicted molar refractivity (Wildman–Crippen MR) is 86.2 cm³/mol. The third-order valence-electron chi connectivity index (χ3n) is 3.43. The van der Waals surface area contributed by atoms with Crippen LogP contribution < -0.4 is 10.1 Å². The van der Waals surface area contributed by atoms with Crippen molar-refractivity contribution in [2.75, 3.05) is 20.3 Å². The van der Waals surface area contributed by atoms with Crippen molar-refractivity contribution in [1.82, 2.24) is 5.32 Å². The van der Waals surface area contributed by atoms with Crippen LogP contribution in [0.4, 0.5) is 4.39 Å². The lowest BCUT2D eigenvalue weighted by Crippen LogP contribution is -2.47. The lowest BCUT2D eigenvalue weighted by molar-refractivity contribution is -0.162. The van der Waals surface area contributed by atoms with E-state index in [1.165, 1.54) is 20.1 Å². The SMILES string of the molecule is CCOC(=O)C(C)(O)CNC(=O)CCCc1ccc(OC)c(F)c1. The second kappa shape index (κ2) is 9.22. The van der Waals surface area contributed by atoms with E-state index in [4.69, 9.17) is 9.47 Å². The lowest BCUT2D eigenvalue weighted by Gasteiger charge is -2.21. The quantitative estimate of drug-likeness (QED) is 0.666. The summed E-state index contributed by atoms with van der Waals surface area (Å²) in [4.78, 5) is 23.3. The highest BCUT2D eigenvalue weighted by Crippen LogP contribution is 2.18. The molecule has 6 nitrogen and oxygen atoms in total. The molecule has 1 unspecified atom stereocenters. The summed E-state index contributed by atoms with van der Waals surface area (Å²) in [5.74, 6) is -1.34. The summed E-state index contributed by atoms with van der Waals surface area (Å²) in [6.07, 6.45) is 1.24. The maximum absolute atomic E-state index is 13.6. The molecule has 1 amide bonds. The first-order valence-electron chi connectivity index (χ1n) is 7.79. The van der Waals surface area contributed by atoms with E-state index in [9.17, 15) is 19.1 Å². The third-order valence-corrected chi connectivity index (χ3v) is 3.43. The Morgan fingerprint density at radius 3 is 2.67 bits per heavy atom. The number of benzene rings is 1. The molecule has 0 aliphatic heterocycles. The van der Waals surface area contributed by atoms with E-state index < -0.39 is 17.4 Å². The molecule has 0 aromatic heterocycles. The van der Waals surface area contributed by atoms with Crippen molar-refractivity contribution in [2.45, 2.75) is 38.7 Å². The van der Waals surface area contributed by atoms with Crippen molar-refractivity contribution in [3.8, 4) is 5.75 Å². The number of ether oxygens (including phenoxy) is 2. The molecule has 0 spiro atoms. The summed E-state index contributed by atoms with van der Waals surface area (Å²) in [5, 5.41) is 12.4. The van der Waals surface area contributed by atoms with Gasteiger partial charge in [0.1, 0.15) is 0 Å². The predicted octanol–water partition coefficient (Wildman–Crippen LogP) is 1.59. The zero-order valence-corrected chi connectivity index (χ0v) is 14.2. The highest BCUT2D eigenvalue weighted by molar-refractivity contribution is 5.81. The number of rotatable bonds is 9. The minimum atomic E-state index is -1.76. The highest BCUT2D eigenvalue weighted by Gasteiger charge is 2.32. The van der Waals surface area contributed by atoms with E-state index in [1.807, 2.05) is 0 Å². The van der Waals surface area contributed by atoms with Crippen LogP contribution >= 0.6 is 0 Å². The van der Waals surface area contributed by atoms with Crippen LogP contribution in [0.3, 0.4) is 0 Å². The normalized spacial score (nSPS) is 13.0. The molecule has 1 atom stereocenters. The Labute approximate surface area is 141 Å². The van der Waals surface area contributed by atoms with E-state index in [-0.39, 0.29) is 31.2 Å². The molecule has 134 valence electrons. The number of hydrogen-bond donors (Lipinski definition) is 2. The van der Waals surface area contributed by atoms with Gasteiger partial charge < -0.3 is 19.9 Å². The Morgan fingerprint density at radius 2 is 2.08 bits per heavy atom. The Bertz CT molecular complexity index is 574. The van der Waals surface area contributed by atoms with Gasteiger partial charge in [-0.15, -0.1) is 0 Å². The summed E-state index contributed by atoms with van der Waals surface area (Å²) in [7, 11) is 1.40. The molecule has 0 heterocycles. The van der Waals surface area contributed by atoms with Gasteiger partial charge in [-0.1, -0.05) is 6.07 Å². The molecule has 0 saturated carbocycles. The number of carbonyl (C=O) groups is 2.